The van der Waals surface area contributed by atoms with Crippen LogP contribution in [0.5, 0.6) is 0 Å². The summed E-state index contributed by atoms with van der Waals surface area (Å²) in [5.41, 5.74) is 1.22. The van der Waals surface area contributed by atoms with Crippen LogP contribution < -0.4 is 10.0 Å². The Balaban J connectivity index is 1.82. The van der Waals surface area contributed by atoms with E-state index in [1.165, 1.54) is 11.8 Å². The maximum Gasteiger partial charge on any atom is 0.208 e. The summed E-state index contributed by atoms with van der Waals surface area (Å²) in [5, 5.41) is 3.35. The van der Waals surface area contributed by atoms with E-state index >= 15 is 0 Å². The predicted molar refractivity (Wildman–Crippen MR) is 65.2 cm³/mol. The van der Waals surface area contributed by atoms with Crippen LogP contribution in [0.3, 0.4) is 0 Å². The van der Waals surface area contributed by atoms with E-state index in [9.17, 15) is 8.42 Å². The molecule has 1 aromatic rings. The maximum atomic E-state index is 10.9. The number of fused-ring (bicyclic) bond motifs is 1. The Labute approximate surface area is 102 Å². The quantitative estimate of drug-likeness (QED) is 0.766. The van der Waals surface area contributed by atoms with Gasteiger partial charge in [-0.3, -0.25) is 0 Å². The van der Waals surface area contributed by atoms with E-state index in [-0.39, 0.29) is 0 Å². The molecule has 1 heterocycles. The molecule has 5 nitrogen and oxygen atoms in total. The molecule has 1 atom stereocenters. The van der Waals surface area contributed by atoms with Crippen LogP contribution in [0.15, 0.2) is 16.7 Å². The van der Waals surface area contributed by atoms with Gasteiger partial charge >= 0.3 is 0 Å². The Bertz CT molecular complexity index is 467. The summed E-state index contributed by atoms with van der Waals surface area (Å²) < 4.78 is 29.6. The first-order valence-corrected chi connectivity index (χ1v) is 7.70. The molecule has 0 saturated heterocycles. The molecule has 0 saturated carbocycles. The van der Waals surface area contributed by atoms with Crippen LogP contribution in [-0.2, 0) is 16.4 Å². The van der Waals surface area contributed by atoms with Gasteiger partial charge in [0.25, 0.3) is 0 Å². The fourth-order valence-corrected chi connectivity index (χ4v) is 2.65. The molecule has 0 radical (unpaired) electrons. The highest BCUT2D eigenvalue weighted by atomic mass is 32.2. The first kappa shape index (κ1) is 12.6. The number of sulfonamides is 1. The van der Waals surface area contributed by atoms with Gasteiger partial charge in [0.2, 0.25) is 10.0 Å². The van der Waals surface area contributed by atoms with Crippen molar-refractivity contribution in [2.24, 2.45) is 0 Å². The zero-order valence-electron chi connectivity index (χ0n) is 9.90. The van der Waals surface area contributed by atoms with Crippen molar-refractivity contribution in [2.45, 2.75) is 25.3 Å². The Morgan fingerprint density at radius 1 is 1.47 bits per heavy atom. The van der Waals surface area contributed by atoms with Gasteiger partial charge in [-0.2, -0.15) is 0 Å². The van der Waals surface area contributed by atoms with Crippen LogP contribution in [0, 0.1) is 0 Å². The van der Waals surface area contributed by atoms with Gasteiger partial charge in [-0.1, -0.05) is 0 Å². The molecule has 0 amide bonds. The first-order chi connectivity index (χ1) is 8.06. The van der Waals surface area contributed by atoms with Gasteiger partial charge in [0.1, 0.15) is 5.76 Å². The number of hydrogen-bond donors (Lipinski definition) is 2. The predicted octanol–water partition coefficient (Wildman–Crippen LogP) is 0.796. The summed E-state index contributed by atoms with van der Waals surface area (Å²) in [7, 11) is -3.09. The molecule has 1 aliphatic rings. The number of nitrogens with one attached hydrogen (secondary N) is 2. The molecule has 0 fully saturated rings. The van der Waals surface area contributed by atoms with Gasteiger partial charge < -0.3 is 9.73 Å². The van der Waals surface area contributed by atoms with Crippen LogP contribution in [-0.4, -0.2) is 27.8 Å². The first-order valence-electron chi connectivity index (χ1n) is 5.80. The lowest BCUT2D eigenvalue weighted by Crippen LogP contribution is -2.33. The molecule has 17 heavy (non-hydrogen) atoms. The molecule has 1 aliphatic carbocycles. The molecule has 1 aromatic heterocycles. The topological polar surface area (TPSA) is 71.3 Å². The number of hydrogen-bond acceptors (Lipinski definition) is 4. The Morgan fingerprint density at radius 3 is 3.06 bits per heavy atom. The van der Waals surface area contributed by atoms with E-state index in [4.69, 9.17) is 4.42 Å². The average Bonchev–Trinajstić information content (AvgIpc) is 2.71. The van der Waals surface area contributed by atoms with Gasteiger partial charge in [-0.05, 0) is 18.9 Å². The third-order valence-electron chi connectivity index (χ3n) is 2.93. The molecule has 96 valence electrons. The molecular weight excluding hydrogens is 240 g/mol. The van der Waals surface area contributed by atoms with Gasteiger partial charge in [-0.15, -0.1) is 0 Å². The monoisotopic (exact) mass is 258 g/mol. The van der Waals surface area contributed by atoms with Crippen LogP contribution in [0.2, 0.25) is 0 Å². The van der Waals surface area contributed by atoms with Crippen molar-refractivity contribution in [3.8, 4) is 0 Å². The standard InChI is InChI=1S/C11H18N2O3S/c1-17(14,15)13-7-6-12-10-3-2-4-11-9(10)5-8-16-11/h5,8,10,12-13H,2-4,6-7H2,1H3. The van der Waals surface area contributed by atoms with Crippen LogP contribution >= 0.6 is 0 Å². The summed E-state index contributed by atoms with van der Waals surface area (Å²) in [6.45, 7) is 1.05. The lowest BCUT2D eigenvalue weighted by atomic mass is 9.93. The van der Waals surface area contributed by atoms with Crippen molar-refractivity contribution >= 4 is 10.0 Å². The Morgan fingerprint density at radius 2 is 2.29 bits per heavy atom. The van der Waals surface area contributed by atoms with Gasteiger partial charge in [-0.25, -0.2) is 13.1 Å². The summed E-state index contributed by atoms with van der Waals surface area (Å²) in [4.78, 5) is 0. The molecule has 1 unspecified atom stereocenters. The minimum absolute atomic E-state index is 0.291. The van der Waals surface area contributed by atoms with Crippen molar-refractivity contribution < 1.29 is 12.8 Å². The normalized spacial score (nSPS) is 20.2. The largest absolute Gasteiger partial charge is 0.469 e. The highest BCUT2D eigenvalue weighted by molar-refractivity contribution is 7.88. The molecule has 0 aliphatic heterocycles. The SMILES string of the molecule is CS(=O)(=O)NCCNC1CCCc2occc21. The van der Waals surface area contributed by atoms with Crippen molar-refractivity contribution in [1.29, 1.82) is 0 Å². The van der Waals surface area contributed by atoms with E-state index in [1.807, 2.05) is 6.07 Å². The second kappa shape index (κ2) is 5.20. The second-order valence-corrected chi connectivity index (χ2v) is 6.20. The van der Waals surface area contributed by atoms with Gasteiger partial charge in [0, 0.05) is 31.1 Å². The highest BCUT2D eigenvalue weighted by Crippen LogP contribution is 2.29. The van der Waals surface area contributed by atoms with Crippen molar-refractivity contribution in [2.75, 3.05) is 19.3 Å². The van der Waals surface area contributed by atoms with E-state index in [0.717, 1.165) is 25.0 Å². The highest BCUT2D eigenvalue weighted by Gasteiger charge is 2.21. The molecule has 6 heteroatoms. The van der Waals surface area contributed by atoms with Crippen LogP contribution in [0.4, 0.5) is 0 Å². The van der Waals surface area contributed by atoms with Crippen molar-refractivity contribution in [3.63, 3.8) is 0 Å². The number of rotatable bonds is 5. The molecular formula is C11H18N2O3S. The van der Waals surface area contributed by atoms with Crippen molar-refractivity contribution in [1.82, 2.24) is 10.0 Å². The fraction of sp³-hybridized carbons (Fsp3) is 0.636. The molecule has 2 N–H and O–H groups in total. The summed E-state index contributed by atoms with van der Waals surface area (Å²) in [6, 6.07) is 2.29. The third kappa shape index (κ3) is 3.55. The summed E-state index contributed by atoms with van der Waals surface area (Å²) >= 11 is 0. The minimum Gasteiger partial charge on any atom is -0.469 e. The zero-order chi connectivity index (χ0) is 12.3. The van der Waals surface area contributed by atoms with Crippen molar-refractivity contribution in [3.05, 3.63) is 23.7 Å². The Hall–Kier alpha value is -0.850. The van der Waals surface area contributed by atoms with Gasteiger partial charge in [0.05, 0.1) is 12.5 Å². The lowest BCUT2D eigenvalue weighted by Gasteiger charge is -2.22. The van der Waals surface area contributed by atoms with E-state index in [2.05, 4.69) is 10.0 Å². The molecule has 2 rings (SSSR count). The van der Waals surface area contributed by atoms with Crippen LogP contribution in [0.1, 0.15) is 30.2 Å². The third-order valence-corrected chi connectivity index (χ3v) is 3.66. The number of aryl methyl sites for hydroxylation is 1. The smallest absolute Gasteiger partial charge is 0.208 e. The Kier molecular flexibility index (Phi) is 3.86. The lowest BCUT2D eigenvalue weighted by molar-refractivity contribution is 0.413. The molecule has 0 spiro atoms. The fourth-order valence-electron chi connectivity index (χ4n) is 2.18. The summed E-state index contributed by atoms with van der Waals surface area (Å²) in [5.74, 6) is 1.06. The average molecular weight is 258 g/mol. The van der Waals surface area contributed by atoms with E-state index < -0.39 is 10.0 Å². The molecule has 0 aromatic carbocycles. The number of furan rings is 1. The molecule has 0 bridgehead atoms. The van der Waals surface area contributed by atoms with Gasteiger partial charge in [0.15, 0.2) is 0 Å². The maximum absolute atomic E-state index is 10.9. The zero-order valence-corrected chi connectivity index (χ0v) is 10.7. The minimum atomic E-state index is -3.09. The summed E-state index contributed by atoms with van der Waals surface area (Å²) in [6.07, 6.45) is 6.08. The van der Waals surface area contributed by atoms with E-state index in [1.54, 1.807) is 6.26 Å². The second-order valence-electron chi connectivity index (χ2n) is 4.36. The van der Waals surface area contributed by atoms with Crippen LogP contribution in [0.25, 0.3) is 0 Å². The van der Waals surface area contributed by atoms with E-state index in [0.29, 0.717) is 19.1 Å².